The molecule has 0 N–H and O–H groups in total. The minimum atomic E-state index is -3.03. The van der Waals surface area contributed by atoms with Gasteiger partial charge in [-0.25, -0.2) is 17.8 Å². The van der Waals surface area contributed by atoms with E-state index in [2.05, 4.69) is 16.8 Å². The van der Waals surface area contributed by atoms with Crippen LogP contribution in [-0.4, -0.2) is 48.8 Å². The molecule has 2 aromatic rings. The molecule has 128 valence electrons. The van der Waals surface area contributed by atoms with Gasteiger partial charge in [-0.15, -0.1) is 0 Å². The van der Waals surface area contributed by atoms with Gasteiger partial charge in [0, 0.05) is 30.4 Å². The Hall–Kier alpha value is -2.72. The Bertz CT molecular complexity index is 946. The number of carbonyl (C=O) groups is 1. The van der Waals surface area contributed by atoms with E-state index in [9.17, 15) is 17.6 Å². The van der Waals surface area contributed by atoms with E-state index in [1.54, 1.807) is 24.3 Å². The highest BCUT2D eigenvalue weighted by Crippen LogP contribution is 2.09. The molecule has 7 heteroatoms. The third-order valence-corrected chi connectivity index (χ3v) is 5.40. The number of sulfone groups is 1. The van der Waals surface area contributed by atoms with Crippen molar-refractivity contribution in [2.75, 3.05) is 24.6 Å². The van der Waals surface area contributed by atoms with Crippen LogP contribution in [0, 0.1) is 17.7 Å². The monoisotopic (exact) mass is 358 g/mol. The topological polar surface area (TPSA) is 67.3 Å². The van der Waals surface area contributed by atoms with Gasteiger partial charge in [0.1, 0.15) is 11.5 Å². The highest BCUT2D eigenvalue weighted by atomic mass is 32.2. The molecule has 0 bridgehead atoms. The molecule has 1 fully saturated rings. The maximum Gasteiger partial charge on any atom is 0.272 e. The normalized spacial score (nSPS) is 16.0. The molecule has 1 aliphatic rings. The Morgan fingerprint density at radius 1 is 1.08 bits per heavy atom. The van der Waals surface area contributed by atoms with E-state index in [1.165, 1.54) is 23.2 Å². The van der Waals surface area contributed by atoms with Crippen LogP contribution in [0.2, 0.25) is 0 Å². The molecule has 1 aliphatic heterocycles. The first-order valence-electron chi connectivity index (χ1n) is 7.66. The summed E-state index contributed by atoms with van der Waals surface area (Å²) in [5.41, 5.74) is 1.40. The lowest BCUT2D eigenvalue weighted by Crippen LogP contribution is -2.43. The maximum absolute atomic E-state index is 13.1. The smallest absolute Gasteiger partial charge is 0.272 e. The van der Waals surface area contributed by atoms with Gasteiger partial charge in [0.15, 0.2) is 9.84 Å². The van der Waals surface area contributed by atoms with E-state index < -0.39 is 9.84 Å². The van der Waals surface area contributed by atoms with E-state index in [-0.39, 0.29) is 42.0 Å². The van der Waals surface area contributed by atoms with Crippen LogP contribution in [0.15, 0.2) is 42.6 Å². The van der Waals surface area contributed by atoms with Gasteiger partial charge in [-0.3, -0.25) is 4.79 Å². The van der Waals surface area contributed by atoms with Gasteiger partial charge in [-0.05, 0) is 30.3 Å². The van der Waals surface area contributed by atoms with Gasteiger partial charge in [-0.2, -0.15) is 0 Å². The summed E-state index contributed by atoms with van der Waals surface area (Å²) >= 11 is 0. The quantitative estimate of drug-likeness (QED) is 0.725. The van der Waals surface area contributed by atoms with Crippen molar-refractivity contribution < 1.29 is 17.6 Å². The third-order valence-electron chi connectivity index (χ3n) is 3.79. The van der Waals surface area contributed by atoms with Crippen molar-refractivity contribution in [1.29, 1.82) is 0 Å². The average Bonchev–Trinajstić information content (AvgIpc) is 2.60. The van der Waals surface area contributed by atoms with Crippen LogP contribution in [-0.2, 0) is 9.84 Å². The number of halogens is 1. The zero-order valence-corrected chi connectivity index (χ0v) is 14.1. The SMILES string of the molecule is O=C(c1ccc(C#Cc2cccc(F)c2)cn1)N1CCS(=O)(=O)CC1. The minimum Gasteiger partial charge on any atom is -0.335 e. The summed E-state index contributed by atoms with van der Waals surface area (Å²) in [6, 6.07) is 9.18. The van der Waals surface area contributed by atoms with Crippen LogP contribution >= 0.6 is 0 Å². The van der Waals surface area contributed by atoms with Crippen molar-refractivity contribution >= 4 is 15.7 Å². The van der Waals surface area contributed by atoms with Crippen molar-refractivity contribution in [3.05, 3.63) is 65.2 Å². The first kappa shape index (κ1) is 17.1. The van der Waals surface area contributed by atoms with Crippen molar-refractivity contribution in [2.24, 2.45) is 0 Å². The molecular formula is C18H15FN2O3S. The summed E-state index contributed by atoms with van der Waals surface area (Å²) in [4.78, 5) is 17.9. The van der Waals surface area contributed by atoms with Gasteiger partial charge in [0.2, 0.25) is 0 Å². The number of benzene rings is 1. The molecule has 3 rings (SSSR count). The minimum absolute atomic E-state index is 0.0179. The Balaban J connectivity index is 1.69. The Kier molecular flexibility index (Phi) is 4.81. The lowest BCUT2D eigenvalue weighted by Gasteiger charge is -2.26. The van der Waals surface area contributed by atoms with Gasteiger partial charge in [0.25, 0.3) is 5.91 Å². The Labute approximate surface area is 145 Å². The van der Waals surface area contributed by atoms with Crippen molar-refractivity contribution in [2.45, 2.75) is 0 Å². The van der Waals surface area contributed by atoms with Crippen molar-refractivity contribution in [3.8, 4) is 11.8 Å². The molecular weight excluding hydrogens is 343 g/mol. The second-order valence-corrected chi connectivity index (χ2v) is 7.94. The molecule has 0 saturated carbocycles. The van der Waals surface area contributed by atoms with Crippen LogP contribution in [0.3, 0.4) is 0 Å². The molecule has 0 aliphatic carbocycles. The van der Waals surface area contributed by atoms with E-state index >= 15 is 0 Å². The molecule has 1 amide bonds. The van der Waals surface area contributed by atoms with E-state index in [0.29, 0.717) is 11.1 Å². The molecule has 1 aromatic carbocycles. The maximum atomic E-state index is 13.1. The molecule has 5 nitrogen and oxygen atoms in total. The van der Waals surface area contributed by atoms with Crippen LogP contribution < -0.4 is 0 Å². The summed E-state index contributed by atoms with van der Waals surface area (Å²) in [7, 11) is -3.03. The molecule has 1 saturated heterocycles. The third kappa shape index (κ3) is 4.43. The van der Waals surface area contributed by atoms with Crippen LogP contribution in [0.5, 0.6) is 0 Å². The molecule has 0 unspecified atom stereocenters. The Morgan fingerprint density at radius 2 is 1.80 bits per heavy atom. The zero-order valence-electron chi connectivity index (χ0n) is 13.3. The highest BCUT2D eigenvalue weighted by molar-refractivity contribution is 7.91. The highest BCUT2D eigenvalue weighted by Gasteiger charge is 2.26. The number of nitrogens with zero attached hydrogens (tertiary/aromatic N) is 2. The number of hydrogen-bond donors (Lipinski definition) is 0. The average molecular weight is 358 g/mol. The van der Waals surface area contributed by atoms with Gasteiger partial charge >= 0.3 is 0 Å². The van der Waals surface area contributed by atoms with Crippen molar-refractivity contribution in [1.82, 2.24) is 9.88 Å². The van der Waals surface area contributed by atoms with Crippen LogP contribution in [0.25, 0.3) is 0 Å². The lowest BCUT2D eigenvalue weighted by atomic mass is 10.2. The molecule has 0 spiro atoms. The fraction of sp³-hybridized carbons (Fsp3) is 0.222. The van der Waals surface area contributed by atoms with Crippen molar-refractivity contribution in [3.63, 3.8) is 0 Å². The number of amides is 1. The molecule has 0 atom stereocenters. The van der Waals surface area contributed by atoms with Gasteiger partial charge < -0.3 is 4.90 Å². The van der Waals surface area contributed by atoms with E-state index in [1.807, 2.05) is 0 Å². The molecule has 0 radical (unpaired) electrons. The predicted molar refractivity (Wildman–Crippen MR) is 91.2 cm³/mol. The Morgan fingerprint density at radius 3 is 2.44 bits per heavy atom. The fourth-order valence-electron chi connectivity index (χ4n) is 2.38. The van der Waals surface area contributed by atoms with Gasteiger partial charge in [-0.1, -0.05) is 17.9 Å². The van der Waals surface area contributed by atoms with Crippen LogP contribution in [0.1, 0.15) is 21.6 Å². The van der Waals surface area contributed by atoms with Crippen LogP contribution in [0.4, 0.5) is 4.39 Å². The summed E-state index contributed by atoms with van der Waals surface area (Å²) in [5.74, 6) is 5.01. The fourth-order valence-corrected chi connectivity index (χ4v) is 3.58. The number of hydrogen-bond acceptors (Lipinski definition) is 4. The summed E-state index contributed by atoms with van der Waals surface area (Å²) in [6.45, 7) is 0.369. The first-order chi connectivity index (χ1) is 11.9. The molecule has 2 heterocycles. The zero-order chi connectivity index (χ0) is 17.9. The predicted octanol–water partition coefficient (Wildman–Crippen LogP) is 1.49. The second-order valence-electron chi connectivity index (χ2n) is 5.64. The summed E-state index contributed by atoms with van der Waals surface area (Å²) in [6.07, 6.45) is 1.47. The number of rotatable bonds is 1. The standard InChI is InChI=1S/C18H15FN2O3S/c19-16-3-1-2-14(12-16)4-5-15-6-7-17(20-13-15)18(22)21-8-10-25(23,24)11-9-21/h1-3,6-7,12-13H,8-11H2. The number of carbonyl (C=O) groups excluding carboxylic acids is 1. The lowest BCUT2D eigenvalue weighted by molar-refractivity contribution is 0.0764. The number of aromatic nitrogens is 1. The molecule has 1 aromatic heterocycles. The van der Waals surface area contributed by atoms with E-state index in [0.717, 1.165) is 0 Å². The number of pyridine rings is 1. The first-order valence-corrected chi connectivity index (χ1v) is 9.48. The second kappa shape index (κ2) is 7.03. The van der Waals surface area contributed by atoms with E-state index in [4.69, 9.17) is 0 Å². The summed E-state index contributed by atoms with van der Waals surface area (Å²) in [5, 5.41) is 0. The largest absolute Gasteiger partial charge is 0.335 e. The van der Waals surface area contributed by atoms with Gasteiger partial charge in [0.05, 0.1) is 11.5 Å². The molecule has 25 heavy (non-hydrogen) atoms. The summed E-state index contributed by atoms with van der Waals surface area (Å²) < 4.78 is 35.9.